The minimum Gasteiger partial charge on any atom is -0.330 e. The Morgan fingerprint density at radius 3 is 2.90 bits per heavy atom. The van der Waals surface area contributed by atoms with Crippen LogP contribution in [0.3, 0.4) is 0 Å². The maximum atomic E-state index is 10.4. The van der Waals surface area contributed by atoms with Gasteiger partial charge in [-0.2, -0.15) is 0 Å². The molecule has 0 aromatic heterocycles. The van der Waals surface area contributed by atoms with Gasteiger partial charge in [-0.05, 0) is 24.9 Å². The van der Waals surface area contributed by atoms with Crippen molar-refractivity contribution >= 4 is 23.7 Å². The van der Waals surface area contributed by atoms with E-state index >= 15 is 0 Å². The Hall–Kier alpha value is 0.330. The lowest BCUT2D eigenvalue weighted by molar-refractivity contribution is 0.499. The van der Waals surface area contributed by atoms with Gasteiger partial charge in [0, 0.05) is 22.3 Å². The highest BCUT2D eigenvalue weighted by atomic mass is 32.2. The van der Waals surface area contributed by atoms with Crippen molar-refractivity contribution in [3.63, 3.8) is 0 Å². The van der Waals surface area contributed by atoms with Gasteiger partial charge in [0.2, 0.25) is 5.25 Å². The molecule has 0 aromatic carbocycles. The molecule has 0 heterocycles. The third-order valence-electron chi connectivity index (χ3n) is 1.86. The van der Waals surface area contributed by atoms with Gasteiger partial charge in [-0.15, -0.1) is 0 Å². The highest BCUT2D eigenvalue weighted by Crippen LogP contribution is 2.27. The van der Waals surface area contributed by atoms with Crippen LogP contribution in [0.25, 0.3) is 0 Å². The molecule has 1 fully saturated rings. The fraction of sp³-hybridized carbons (Fsp3) is 1.00. The molecule has 1 aliphatic rings. The second-order valence-corrected chi connectivity index (χ2v) is 4.35. The van der Waals surface area contributed by atoms with Crippen LogP contribution in [0.15, 0.2) is 0 Å². The largest absolute Gasteiger partial charge is 0.462 e. The van der Waals surface area contributed by atoms with Crippen LogP contribution in [0.2, 0.25) is 0 Å². The molecule has 0 amide bonds. The van der Waals surface area contributed by atoms with E-state index in [1.807, 2.05) is 0 Å². The first-order valence-electron chi connectivity index (χ1n) is 3.45. The number of hydrogen-bond acceptors (Lipinski definition) is 3. The Morgan fingerprint density at radius 2 is 2.30 bits per heavy atom. The molecule has 10 heavy (non-hydrogen) atoms. The zero-order chi connectivity index (χ0) is 7.40. The molecule has 0 radical (unpaired) electrons. The van der Waals surface area contributed by atoms with Gasteiger partial charge in [0.15, 0.2) is 0 Å². The summed E-state index contributed by atoms with van der Waals surface area (Å²) in [5, 5.41) is 0.568. The minimum absolute atomic E-state index is 0.249. The van der Waals surface area contributed by atoms with Gasteiger partial charge in [0.25, 0.3) is 0 Å². The van der Waals surface area contributed by atoms with Crippen molar-refractivity contribution in [1.82, 2.24) is 0 Å². The fourth-order valence-electron chi connectivity index (χ4n) is 1.29. The summed E-state index contributed by atoms with van der Waals surface area (Å²) in [4.78, 5) is 0. The lowest BCUT2D eigenvalue weighted by atomic mass is 10.00. The van der Waals surface area contributed by atoms with Gasteiger partial charge in [-0.3, -0.25) is 0 Å². The Balaban J connectivity index is 2.31. The van der Waals surface area contributed by atoms with E-state index in [0.717, 1.165) is 37.7 Å². The monoisotopic (exact) mass is 179 g/mol. The summed E-state index contributed by atoms with van der Waals surface area (Å²) in [7, 11) is 0. The SMILES string of the molecule is O=[S+]C1CCCC(SO)C1. The van der Waals surface area contributed by atoms with Gasteiger partial charge in [0.1, 0.15) is 0 Å². The summed E-state index contributed by atoms with van der Waals surface area (Å²) in [6.07, 6.45) is 4.08. The molecule has 2 unspecified atom stereocenters. The molecule has 0 aromatic rings. The smallest absolute Gasteiger partial charge is 0.330 e. The average Bonchev–Trinajstić information content (AvgIpc) is 2.05. The van der Waals surface area contributed by atoms with Crippen LogP contribution in [0.5, 0.6) is 0 Å². The average molecular weight is 179 g/mol. The van der Waals surface area contributed by atoms with Crippen LogP contribution in [0, 0.1) is 0 Å². The summed E-state index contributed by atoms with van der Waals surface area (Å²) in [5.74, 6) is 0. The number of rotatable bonds is 2. The minimum atomic E-state index is 0.249. The third kappa shape index (κ3) is 2.18. The molecule has 58 valence electrons. The molecule has 1 aliphatic carbocycles. The van der Waals surface area contributed by atoms with Crippen LogP contribution >= 0.6 is 12.0 Å². The molecule has 0 spiro atoms. The van der Waals surface area contributed by atoms with Crippen molar-refractivity contribution in [3.05, 3.63) is 0 Å². The van der Waals surface area contributed by atoms with E-state index in [-0.39, 0.29) is 5.25 Å². The first kappa shape index (κ1) is 8.43. The van der Waals surface area contributed by atoms with Crippen molar-refractivity contribution < 1.29 is 8.76 Å². The predicted octanol–water partition coefficient (Wildman–Crippen LogP) is 1.93. The molecule has 0 aliphatic heterocycles. The maximum absolute atomic E-state index is 10.4. The van der Waals surface area contributed by atoms with Crippen molar-refractivity contribution in [3.8, 4) is 0 Å². The van der Waals surface area contributed by atoms with E-state index in [0.29, 0.717) is 16.9 Å². The zero-order valence-corrected chi connectivity index (χ0v) is 7.29. The van der Waals surface area contributed by atoms with E-state index in [1.54, 1.807) is 0 Å². The fourth-order valence-corrected chi connectivity index (χ4v) is 2.57. The van der Waals surface area contributed by atoms with Crippen molar-refractivity contribution in [2.24, 2.45) is 0 Å². The standard InChI is InChI=1S/C6H10O2S2/c7-9-5-2-1-3-6(4-5)10-8/h5-6H,1-4H2/p+1. The Morgan fingerprint density at radius 1 is 1.50 bits per heavy atom. The van der Waals surface area contributed by atoms with E-state index in [9.17, 15) is 4.21 Å². The van der Waals surface area contributed by atoms with Gasteiger partial charge >= 0.3 is 11.7 Å². The second kappa shape index (κ2) is 4.26. The lowest BCUT2D eigenvalue weighted by Crippen LogP contribution is -2.20. The molecule has 0 bridgehead atoms. The molecule has 0 saturated heterocycles. The first-order valence-corrected chi connectivity index (χ1v) is 5.09. The van der Waals surface area contributed by atoms with E-state index in [2.05, 4.69) is 0 Å². The van der Waals surface area contributed by atoms with Gasteiger partial charge in [-0.25, -0.2) is 0 Å². The van der Waals surface area contributed by atoms with E-state index < -0.39 is 0 Å². The van der Waals surface area contributed by atoms with Gasteiger partial charge in [-0.1, -0.05) is 0 Å². The highest BCUT2D eigenvalue weighted by molar-refractivity contribution is 7.94. The highest BCUT2D eigenvalue weighted by Gasteiger charge is 2.30. The Bertz CT molecular complexity index is 118. The molecule has 1 saturated carbocycles. The zero-order valence-electron chi connectivity index (χ0n) is 5.66. The first-order chi connectivity index (χ1) is 4.86. The molecule has 4 heteroatoms. The van der Waals surface area contributed by atoms with Crippen LogP contribution in [-0.2, 0) is 15.9 Å². The molecule has 1 N–H and O–H groups in total. The van der Waals surface area contributed by atoms with Crippen molar-refractivity contribution in [2.75, 3.05) is 0 Å². The lowest BCUT2D eigenvalue weighted by Gasteiger charge is -2.16. The summed E-state index contributed by atoms with van der Waals surface area (Å²) in [6, 6.07) is 0. The summed E-state index contributed by atoms with van der Waals surface area (Å²) >= 11 is 1.60. The summed E-state index contributed by atoms with van der Waals surface area (Å²) in [6.45, 7) is 0. The predicted molar refractivity (Wildman–Crippen MR) is 44.3 cm³/mol. The van der Waals surface area contributed by atoms with Crippen LogP contribution in [0.1, 0.15) is 25.7 Å². The van der Waals surface area contributed by atoms with Crippen LogP contribution in [0.4, 0.5) is 0 Å². The normalized spacial score (nSPS) is 33.7. The maximum Gasteiger partial charge on any atom is 0.462 e. The summed E-state index contributed by atoms with van der Waals surface area (Å²) in [5.41, 5.74) is 0. The van der Waals surface area contributed by atoms with E-state index in [4.69, 9.17) is 4.55 Å². The molecule has 1 rings (SSSR count). The molecule has 2 nitrogen and oxygen atoms in total. The molecule has 2 atom stereocenters. The van der Waals surface area contributed by atoms with Crippen molar-refractivity contribution in [2.45, 2.75) is 36.2 Å². The molecular weight excluding hydrogens is 168 g/mol. The number of hydrogen-bond donors (Lipinski definition) is 1. The molecular formula is C6H11O2S2+. The third-order valence-corrected chi connectivity index (χ3v) is 3.29. The van der Waals surface area contributed by atoms with Gasteiger partial charge in [0.05, 0.1) is 0 Å². The van der Waals surface area contributed by atoms with Crippen LogP contribution in [-0.4, -0.2) is 15.1 Å². The van der Waals surface area contributed by atoms with Crippen LogP contribution < -0.4 is 0 Å². The van der Waals surface area contributed by atoms with Gasteiger partial charge < -0.3 is 4.55 Å². The topological polar surface area (TPSA) is 37.3 Å². The summed E-state index contributed by atoms with van der Waals surface area (Å²) < 4.78 is 19.1. The Labute approximate surface area is 69.1 Å². The van der Waals surface area contributed by atoms with Crippen molar-refractivity contribution in [1.29, 1.82) is 0 Å². The second-order valence-electron chi connectivity index (χ2n) is 2.61. The Kier molecular flexibility index (Phi) is 3.59. The quantitative estimate of drug-likeness (QED) is 0.520. The van der Waals surface area contributed by atoms with E-state index in [1.165, 1.54) is 0 Å².